The van der Waals surface area contributed by atoms with E-state index in [0.29, 0.717) is 0 Å². The van der Waals surface area contributed by atoms with Crippen LogP contribution < -0.4 is 9.80 Å². The Hall–Kier alpha value is -2.72. The number of urea groups is 1. The summed E-state index contributed by atoms with van der Waals surface area (Å²) in [6.07, 6.45) is 0. The van der Waals surface area contributed by atoms with Crippen molar-refractivity contribution in [1.82, 2.24) is 0 Å². The molecule has 2 amide bonds. The average Bonchev–Trinajstić information content (AvgIpc) is 2.65. The van der Waals surface area contributed by atoms with Crippen molar-refractivity contribution >= 4 is 34.9 Å². The van der Waals surface area contributed by atoms with Gasteiger partial charge in [-0.3, -0.25) is 9.80 Å². The number of hydrogen-bond acceptors (Lipinski definition) is 2. The van der Waals surface area contributed by atoms with Crippen LogP contribution >= 0.6 is 11.8 Å². The number of nitrogens with zero attached hydrogens (tertiary/aromatic N) is 2. The predicted molar refractivity (Wildman–Crippen MR) is 99.4 cm³/mol. The Morgan fingerprint density at radius 1 is 0.792 bits per heavy atom. The van der Waals surface area contributed by atoms with Gasteiger partial charge in [0.1, 0.15) is 0 Å². The Morgan fingerprint density at radius 3 is 1.88 bits per heavy atom. The van der Waals surface area contributed by atoms with Crippen LogP contribution in [0.15, 0.2) is 88.7 Å². The van der Waals surface area contributed by atoms with Crippen LogP contribution in [-0.4, -0.2) is 13.1 Å². The van der Waals surface area contributed by atoms with Crippen LogP contribution in [0.4, 0.5) is 21.9 Å². The van der Waals surface area contributed by atoms with Crippen molar-refractivity contribution in [2.24, 2.45) is 0 Å². The number of carbonyl (C=O) groups excluding carboxylic acids is 1. The molecule has 0 radical (unpaired) electrons. The van der Waals surface area contributed by atoms with Gasteiger partial charge in [0.05, 0.1) is 11.4 Å². The summed E-state index contributed by atoms with van der Waals surface area (Å²) in [7, 11) is 1.81. The van der Waals surface area contributed by atoms with Gasteiger partial charge in [0, 0.05) is 22.5 Å². The minimum Gasteiger partial charge on any atom is -0.297 e. The molecule has 1 heterocycles. The van der Waals surface area contributed by atoms with Crippen LogP contribution in [0.25, 0.3) is 0 Å². The lowest BCUT2D eigenvalue weighted by Gasteiger charge is -2.33. The Labute approximate surface area is 145 Å². The zero-order valence-electron chi connectivity index (χ0n) is 13.2. The molecule has 0 saturated heterocycles. The highest BCUT2D eigenvalue weighted by molar-refractivity contribution is 7.99. The molecule has 0 fully saturated rings. The van der Waals surface area contributed by atoms with Crippen LogP contribution in [0.5, 0.6) is 0 Å². The molecular weight excluding hydrogens is 316 g/mol. The predicted octanol–water partition coefficient (Wildman–Crippen LogP) is 5.55. The van der Waals surface area contributed by atoms with E-state index in [0.717, 1.165) is 26.9 Å². The molecule has 0 saturated carbocycles. The number of para-hydroxylation sites is 3. The number of amides is 2. The molecule has 0 N–H and O–H groups in total. The van der Waals surface area contributed by atoms with Gasteiger partial charge in [-0.15, -0.1) is 0 Å². The van der Waals surface area contributed by atoms with Crippen molar-refractivity contribution in [1.29, 1.82) is 0 Å². The highest BCUT2D eigenvalue weighted by Crippen LogP contribution is 2.48. The average molecular weight is 332 g/mol. The number of rotatable bonds is 1. The van der Waals surface area contributed by atoms with E-state index in [-0.39, 0.29) is 6.03 Å². The molecule has 0 bridgehead atoms. The van der Waals surface area contributed by atoms with Crippen LogP contribution in [0.3, 0.4) is 0 Å². The molecule has 0 unspecified atom stereocenters. The summed E-state index contributed by atoms with van der Waals surface area (Å²) in [4.78, 5) is 18.9. The maximum Gasteiger partial charge on any atom is 0.333 e. The molecule has 4 rings (SSSR count). The second-order valence-corrected chi connectivity index (χ2v) is 6.63. The molecule has 1 aliphatic heterocycles. The van der Waals surface area contributed by atoms with E-state index in [4.69, 9.17) is 0 Å². The zero-order valence-corrected chi connectivity index (χ0v) is 14.0. The van der Waals surface area contributed by atoms with Gasteiger partial charge in [0.2, 0.25) is 0 Å². The van der Waals surface area contributed by atoms with Crippen molar-refractivity contribution in [3.63, 3.8) is 0 Å². The highest BCUT2D eigenvalue weighted by Gasteiger charge is 2.30. The van der Waals surface area contributed by atoms with E-state index < -0.39 is 0 Å². The van der Waals surface area contributed by atoms with Gasteiger partial charge in [0.25, 0.3) is 0 Å². The van der Waals surface area contributed by atoms with E-state index in [1.165, 1.54) is 0 Å². The molecule has 0 atom stereocenters. The van der Waals surface area contributed by atoms with Gasteiger partial charge in [-0.25, -0.2) is 4.79 Å². The SMILES string of the molecule is CN(C(=O)N1c2ccccc2Sc2ccccc21)c1ccccc1. The third-order valence-corrected chi connectivity index (χ3v) is 5.18. The van der Waals surface area contributed by atoms with E-state index in [1.54, 1.807) is 21.6 Å². The van der Waals surface area contributed by atoms with Gasteiger partial charge in [-0.1, -0.05) is 54.2 Å². The first kappa shape index (κ1) is 14.8. The first-order valence-electron chi connectivity index (χ1n) is 7.74. The van der Waals surface area contributed by atoms with Crippen molar-refractivity contribution < 1.29 is 4.79 Å². The maximum absolute atomic E-state index is 13.3. The summed E-state index contributed by atoms with van der Waals surface area (Å²) in [6, 6.07) is 25.7. The van der Waals surface area contributed by atoms with Crippen molar-refractivity contribution in [2.45, 2.75) is 9.79 Å². The van der Waals surface area contributed by atoms with Gasteiger partial charge >= 0.3 is 6.03 Å². The lowest BCUT2D eigenvalue weighted by atomic mass is 10.2. The van der Waals surface area contributed by atoms with Crippen molar-refractivity contribution in [3.8, 4) is 0 Å². The van der Waals surface area contributed by atoms with Gasteiger partial charge in [-0.2, -0.15) is 0 Å². The number of benzene rings is 3. The van der Waals surface area contributed by atoms with Crippen molar-refractivity contribution in [3.05, 3.63) is 78.9 Å². The van der Waals surface area contributed by atoms with E-state index in [1.807, 2.05) is 73.8 Å². The van der Waals surface area contributed by atoms with Gasteiger partial charge in [-0.05, 0) is 36.4 Å². The fourth-order valence-electron chi connectivity index (χ4n) is 2.82. The smallest absolute Gasteiger partial charge is 0.297 e. The molecule has 4 heteroatoms. The van der Waals surface area contributed by atoms with Crippen molar-refractivity contribution in [2.75, 3.05) is 16.8 Å². The summed E-state index contributed by atoms with van der Waals surface area (Å²) in [6.45, 7) is 0. The summed E-state index contributed by atoms with van der Waals surface area (Å²) in [5.41, 5.74) is 2.72. The number of fused-ring (bicyclic) bond motifs is 2. The standard InChI is InChI=1S/C20H16N2OS/c1-21(15-9-3-2-4-10-15)20(23)22-16-11-5-7-13-18(16)24-19-14-8-6-12-17(19)22/h2-14H,1H3. The van der Waals surface area contributed by atoms with Crippen LogP contribution in [-0.2, 0) is 0 Å². The number of hydrogen-bond donors (Lipinski definition) is 0. The molecular formula is C20H16N2OS. The molecule has 3 aromatic carbocycles. The van der Waals surface area contributed by atoms with E-state index in [2.05, 4.69) is 12.1 Å². The lowest BCUT2D eigenvalue weighted by Crippen LogP contribution is -2.39. The quantitative estimate of drug-likeness (QED) is 0.583. The summed E-state index contributed by atoms with van der Waals surface area (Å²) >= 11 is 1.70. The summed E-state index contributed by atoms with van der Waals surface area (Å²) < 4.78 is 0. The lowest BCUT2D eigenvalue weighted by molar-refractivity contribution is 0.254. The highest BCUT2D eigenvalue weighted by atomic mass is 32.2. The second kappa shape index (κ2) is 6.06. The first-order valence-corrected chi connectivity index (χ1v) is 8.56. The summed E-state index contributed by atoms with van der Waals surface area (Å²) in [5.74, 6) is 0. The zero-order chi connectivity index (χ0) is 16.5. The molecule has 1 aliphatic rings. The molecule has 0 aromatic heterocycles. The first-order chi connectivity index (χ1) is 11.8. The largest absolute Gasteiger partial charge is 0.333 e. The minimum absolute atomic E-state index is 0.0681. The molecule has 24 heavy (non-hydrogen) atoms. The van der Waals surface area contributed by atoms with Crippen LogP contribution in [0.1, 0.15) is 0 Å². The molecule has 0 aliphatic carbocycles. The van der Waals surface area contributed by atoms with E-state index in [9.17, 15) is 4.79 Å². The third kappa shape index (κ3) is 2.45. The normalized spacial score (nSPS) is 12.3. The minimum atomic E-state index is -0.0681. The third-order valence-electron chi connectivity index (χ3n) is 4.05. The Kier molecular flexibility index (Phi) is 3.75. The Balaban J connectivity index is 1.81. The Bertz CT molecular complexity index is 849. The topological polar surface area (TPSA) is 23.6 Å². The maximum atomic E-state index is 13.3. The van der Waals surface area contributed by atoms with E-state index >= 15 is 0 Å². The molecule has 3 aromatic rings. The second-order valence-electron chi connectivity index (χ2n) is 5.55. The van der Waals surface area contributed by atoms with Gasteiger partial charge in [0.15, 0.2) is 0 Å². The molecule has 3 nitrogen and oxygen atoms in total. The molecule has 0 spiro atoms. The molecule has 118 valence electrons. The van der Waals surface area contributed by atoms with Crippen LogP contribution in [0.2, 0.25) is 0 Å². The van der Waals surface area contributed by atoms with Gasteiger partial charge < -0.3 is 0 Å². The monoisotopic (exact) mass is 332 g/mol. The fourth-order valence-corrected chi connectivity index (χ4v) is 3.88. The Morgan fingerprint density at radius 2 is 1.29 bits per heavy atom. The number of anilines is 3. The summed E-state index contributed by atoms with van der Waals surface area (Å²) in [5, 5.41) is 0. The van der Waals surface area contributed by atoms with Crippen LogP contribution in [0, 0.1) is 0 Å². The number of carbonyl (C=O) groups is 1. The fraction of sp³-hybridized carbons (Fsp3) is 0.0500.